The highest BCUT2D eigenvalue weighted by molar-refractivity contribution is 6.04. The zero-order chi connectivity index (χ0) is 18.5. The molecule has 5 heteroatoms. The van der Waals surface area contributed by atoms with E-state index in [-0.39, 0.29) is 18.3 Å². The quantitative estimate of drug-likeness (QED) is 0.690. The second-order valence-electron chi connectivity index (χ2n) is 6.53. The largest absolute Gasteiger partial charge is 0.486 e. The molecule has 0 aliphatic carbocycles. The third-order valence-corrected chi connectivity index (χ3v) is 4.61. The van der Waals surface area contributed by atoms with Crippen molar-refractivity contribution in [3.8, 4) is 5.75 Å². The number of ether oxygens (including phenoxy) is 1. The molecule has 3 aromatic rings. The Morgan fingerprint density at radius 3 is 2.52 bits per heavy atom. The lowest BCUT2D eigenvalue weighted by Gasteiger charge is -2.21. The predicted molar refractivity (Wildman–Crippen MR) is 105 cm³/mol. The molecule has 0 radical (unpaired) electrons. The van der Waals surface area contributed by atoms with Gasteiger partial charge in [-0.05, 0) is 49.2 Å². The molecule has 27 heavy (non-hydrogen) atoms. The number of carbonyl (C=O) groups excluding carboxylic acids is 1. The van der Waals surface area contributed by atoms with E-state index >= 15 is 0 Å². The maximum absolute atomic E-state index is 12.6. The second kappa shape index (κ2) is 7.99. The van der Waals surface area contributed by atoms with Crippen molar-refractivity contribution < 1.29 is 13.9 Å². The molecule has 5 nitrogen and oxygen atoms in total. The van der Waals surface area contributed by atoms with Crippen molar-refractivity contribution in [2.45, 2.75) is 19.4 Å². The van der Waals surface area contributed by atoms with Gasteiger partial charge in [0.2, 0.25) is 0 Å². The van der Waals surface area contributed by atoms with Crippen LogP contribution in [0.25, 0.3) is 0 Å². The number of furan rings is 1. The summed E-state index contributed by atoms with van der Waals surface area (Å²) >= 11 is 0. The fourth-order valence-corrected chi connectivity index (χ4v) is 3.25. The van der Waals surface area contributed by atoms with E-state index < -0.39 is 0 Å². The van der Waals surface area contributed by atoms with Crippen LogP contribution in [0.5, 0.6) is 5.75 Å². The highest BCUT2D eigenvalue weighted by atomic mass is 16.5. The molecule has 1 aliphatic rings. The Labute approximate surface area is 158 Å². The Morgan fingerprint density at radius 2 is 1.70 bits per heavy atom. The van der Waals surface area contributed by atoms with Crippen LogP contribution in [-0.4, -0.2) is 19.0 Å². The first-order valence-electron chi connectivity index (χ1n) is 9.21. The van der Waals surface area contributed by atoms with Crippen LogP contribution >= 0.6 is 0 Å². The third kappa shape index (κ3) is 4.14. The summed E-state index contributed by atoms with van der Waals surface area (Å²) in [5.41, 5.74) is 1.87. The van der Waals surface area contributed by atoms with Gasteiger partial charge in [0.15, 0.2) is 5.76 Å². The Morgan fingerprint density at radius 1 is 0.963 bits per heavy atom. The zero-order valence-electron chi connectivity index (χ0n) is 15.1. The monoisotopic (exact) mass is 362 g/mol. The van der Waals surface area contributed by atoms with Gasteiger partial charge in [-0.15, -0.1) is 0 Å². The first-order valence-corrected chi connectivity index (χ1v) is 9.21. The molecule has 4 rings (SSSR count). The number of para-hydroxylation sites is 3. The lowest BCUT2D eigenvalue weighted by molar-refractivity contribution is 0.0992. The minimum absolute atomic E-state index is 0.257. The maximum atomic E-state index is 12.6. The van der Waals surface area contributed by atoms with Crippen LogP contribution < -0.4 is 15.0 Å². The summed E-state index contributed by atoms with van der Waals surface area (Å²) in [7, 11) is 0. The van der Waals surface area contributed by atoms with E-state index in [4.69, 9.17) is 9.15 Å². The lowest BCUT2D eigenvalue weighted by atomic mass is 10.2. The molecule has 0 unspecified atom stereocenters. The van der Waals surface area contributed by atoms with Crippen LogP contribution in [-0.2, 0) is 6.61 Å². The molecule has 2 aromatic carbocycles. The highest BCUT2D eigenvalue weighted by Crippen LogP contribution is 2.29. The van der Waals surface area contributed by atoms with Gasteiger partial charge in [0.05, 0.1) is 11.4 Å². The molecule has 1 fully saturated rings. The SMILES string of the molecule is O=C(Nc1ccccc1N1CCCC1)c1ccc(COc2ccccc2)o1. The molecular weight excluding hydrogens is 340 g/mol. The van der Waals surface area contributed by atoms with Gasteiger partial charge in [0.25, 0.3) is 5.91 Å². The van der Waals surface area contributed by atoms with Crippen molar-refractivity contribution >= 4 is 17.3 Å². The number of amides is 1. The van der Waals surface area contributed by atoms with Gasteiger partial charge < -0.3 is 19.4 Å². The Kier molecular flexibility index (Phi) is 5.10. The summed E-state index contributed by atoms with van der Waals surface area (Å²) in [5.74, 6) is 1.39. The van der Waals surface area contributed by atoms with Crippen molar-refractivity contribution in [1.29, 1.82) is 0 Å². The lowest BCUT2D eigenvalue weighted by Crippen LogP contribution is -2.21. The number of hydrogen-bond donors (Lipinski definition) is 1. The molecule has 0 saturated carbocycles. The fraction of sp³-hybridized carbons (Fsp3) is 0.227. The number of benzene rings is 2. The molecular formula is C22H22N2O3. The summed E-state index contributed by atoms with van der Waals surface area (Å²) in [6, 6.07) is 20.9. The number of anilines is 2. The van der Waals surface area contributed by atoms with Crippen LogP contribution in [0.3, 0.4) is 0 Å². The normalized spacial score (nSPS) is 13.6. The molecule has 1 saturated heterocycles. The van der Waals surface area contributed by atoms with Gasteiger partial charge in [-0.3, -0.25) is 4.79 Å². The average molecular weight is 362 g/mol. The fourth-order valence-electron chi connectivity index (χ4n) is 3.25. The molecule has 1 aliphatic heterocycles. The molecule has 138 valence electrons. The van der Waals surface area contributed by atoms with E-state index in [0.717, 1.165) is 30.2 Å². The number of hydrogen-bond acceptors (Lipinski definition) is 4. The summed E-state index contributed by atoms with van der Waals surface area (Å²) in [6.45, 7) is 2.32. The van der Waals surface area contributed by atoms with Gasteiger partial charge in [-0.25, -0.2) is 0 Å². The predicted octanol–water partition coefficient (Wildman–Crippen LogP) is 4.71. The van der Waals surface area contributed by atoms with Crippen LogP contribution in [0.2, 0.25) is 0 Å². The topological polar surface area (TPSA) is 54.7 Å². The van der Waals surface area contributed by atoms with Crippen molar-refractivity contribution in [1.82, 2.24) is 0 Å². The first-order chi connectivity index (χ1) is 13.3. The van der Waals surface area contributed by atoms with Gasteiger partial charge in [-0.2, -0.15) is 0 Å². The van der Waals surface area contributed by atoms with Gasteiger partial charge >= 0.3 is 0 Å². The zero-order valence-corrected chi connectivity index (χ0v) is 15.1. The van der Waals surface area contributed by atoms with E-state index in [1.54, 1.807) is 12.1 Å². The van der Waals surface area contributed by atoms with E-state index in [1.807, 2.05) is 54.6 Å². The molecule has 0 bridgehead atoms. The number of rotatable bonds is 6. The van der Waals surface area contributed by atoms with Gasteiger partial charge in [0.1, 0.15) is 18.1 Å². The Bertz CT molecular complexity index is 899. The maximum Gasteiger partial charge on any atom is 0.291 e. The average Bonchev–Trinajstić information content (AvgIpc) is 3.40. The van der Waals surface area contributed by atoms with E-state index in [2.05, 4.69) is 10.2 Å². The molecule has 2 heterocycles. The summed E-state index contributed by atoms with van der Waals surface area (Å²) in [5, 5.41) is 2.98. The van der Waals surface area contributed by atoms with Crippen LogP contribution in [0.15, 0.2) is 71.1 Å². The van der Waals surface area contributed by atoms with Crippen molar-refractivity contribution in [3.63, 3.8) is 0 Å². The molecule has 1 N–H and O–H groups in total. The minimum Gasteiger partial charge on any atom is -0.486 e. The molecule has 1 aromatic heterocycles. The number of carbonyl (C=O) groups is 1. The highest BCUT2D eigenvalue weighted by Gasteiger charge is 2.18. The van der Waals surface area contributed by atoms with Crippen molar-refractivity contribution in [2.75, 3.05) is 23.3 Å². The number of nitrogens with zero attached hydrogens (tertiary/aromatic N) is 1. The van der Waals surface area contributed by atoms with Gasteiger partial charge in [0, 0.05) is 13.1 Å². The minimum atomic E-state index is -0.257. The van der Waals surface area contributed by atoms with Crippen LogP contribution in [0.4, 0.5) is 11.4 Å². The van der Waals surface area contributed by atoms with E-state index in [0.29, 0.717) is 5.76 Å². The molecule has 0 spiro atoms. The summed E-state index contributed by atoms with van der Waals surface area (Å²) in [4.78, 5) is 14.9. The molecule has 0 atom stereocenters. The van der Waals surface area contributed by atoms with Gasteiger partial charge in [-0.1, -0.05) is 30.3 Å². The third-order valence-electron chi connectivity index (χ3n) is 4.61. The summed E-state index contributed by atoms with van der Waals surface area (Å²) < 4.78 is 11.3. The first kappa shape index (κ1) is 17.2. The van der Waals surface area contributed by atoms with Crippen molar-refractivity contribution in [3.05, 3.63) is 78.3 Å². The Hall–Kier alpha value is -3.21. The molecule has 1 amide bonds. The van der Waals surface area contributed by atoms with E-state index in [9.17, 15) is 4.79 Å². The second-order valence-corrected chi connectivity index (χ2v) is 6.53. The Balaban J connectivity index is 1.41. The van der Waals surface area contributed by atoms with Crippen molar-refractivity contribution in [2.24, 2.45) is 0 Å². The number of nitrogens with one attached hydrogen (secondary N) is 1. The van der Waals surface area contributed by atoms with Crippen LogP contribution in [0, 0.1) is 0 Å². The standard InChI is InChI=1S/C22H22N2O3/c25-22(23-19-10-4-5-11-20(19)24-14-6-7-15-24)21-13-12-18(27-21)16-26-17-8-2-1-3-9-17/h1-5,8-13H,6-7,14-16H2,(H,23,25). The van der Waals surface area contributed by atoms with E-state index in [1.165, 1.54) is 12.8 Å². The smallest absolute Gasteiger partial charge is 0.291 e. The van der Waals surface area contributed by atoms with Crippen LogP contribution in [0.1, 0.15) is 29.2 Å². The summed E-state index contributed by atoms with van der Waals surface area (Å²) in [6.07, 6.45) is 2.37.